The molecule has 3 aromatic rings. The Balaban J connectivity index is 2.19. The van der Waals surface area contributed by atoms with Crippen LogP contribution in [0.25, 0.3) is 17.0 Å². The normalized spacial score (nSPS) is 10.8. The molecule has 0 unspecified atom stereocenters. The zero-order valence-electron chi connectivity index (χ0n) is 8.41. The van der Waals surface area contributed by atoms with Crippen molar-refractivity contribution in [3.8, 4) is 11.4 Å². The number of nitrogen functional groups attached to an aromatic ring is 1. The van der Waals surface area contributed by atoms with Gasteiger partial charge in [0.1, 0.15) is 0 Å². The minimum atomic E-state index is 0.665. The molecule has 78 valence electrons. The maximum Gasteiger partial charge on any atom is 0.182 e. The second-order valence-electron chi connectivity index (χ2n) is 3.44. The van der Waals surface area contributed by atoms with E-state index in [0.717, 1.165) is 11.2 Å². The number of fused-ring (bicyclic) bond motifs is 1. The fourth-order valence-electron chi connectivity index (χ4n) is 1.52. The van der Waals surface area contributed by atoms with Crippen LogP contribution in [0.4, 0.5) is 5.69 Å². The molecule has 0 spiro atoms. The van der Waals surface area contributed by atoms with Crippen LogP contribution >= 0.6 is 0 Å². The van der Waals surface area contributed by atoms with Crippen LogP contribution in [-0.4, -0.2) is 19.6 Å². The van der Waals surface area contributed by atoms with Gasteiger partial charge in [-0.3, -0.25) is 4.98 Å². The van der Waals surface area contributed by atoms with Gasteiger partial charge in [-0.1, -0.05) is 0 Å². The van der Waals surface area contributed by atoms with Crippen LogP contribution < -0.4 is 5.73 Å². The summed E-state index contributed by atoms with van der Waals surface area (Å²) in [6.07, 6.45) is 5.18. The van der Waals surface area contributed by atoms with Gasteiger partial charge in [0.25, 0.3) is 0 Å². The number of hydrogen-bond donors (Lipinski definition) is 1. The standard InChI is InChI=1S/C11H9N5/c12-9-1-2-10-14-11(15-16(10)7-9)8-3-5-13-6-4-8/h1-7H,12H2. The number of rotatable bonds is 1. The zero-order valence-corrected chi connectivity index (χ0v) is 8.41. The van der Waals surface area contributed by atoms with E-state index < -0.39 is 0 Å². The molecule has 0 bridgehead atoms. The Morgan fingerprint density at radius 2 is 1.88 bits per heavy atom. The van der Waals surface area contributed by atoms with E-state index in [1.807, 2.05) is 18.2 Å². The van der Waals surface area contributed by atoms with Crippen molar-refractivity contribution in [2.24, 2.45) is 0 Å². The van der Waals surface area contributed by atoms with Gasteiger partial charge in [-0.2, -0.15) is 0 Å². The third-order valence-electron chi connectivity index (χ3n) is 2.29. The third-order valence-corrected chi connectivity index (χ3v) is 2.29. The summed E-state index contributed by atoms with van der Waals surface area (Å²) < 4.78 is 1.67. The van der Waals surface area contributed by atoms with Crippen LogP contribution in [0.3, 0.4) is 0 Å². The summed E-state index contributed by atoms with van der Waals surface area (Å²) in [7, 11) is 0. The first-order chi connectivity index (χ1) is 7.83. The molecule has 3 rings (SSSR count). The van der Waals surface area contributed by atoms with E-state index in [1.165, 1.54) is 0 Å². The van der Waals surface area contributed by atoms with Gasteiger partial charge < -0.3 is 5.73 Å². The lowest BCUT2D eigenvalue weighted by Crippen LogP contribution is -1.91. The van der Waals surface area contributed by atoms with Crippen molar-refractivity contribution in [3.63, 3.8) is 0 Å². The predicted octanol–water partition coefficient (Wildman–Crippen LogP) is 1.37. The molecule has 0 radical (unpaired) electrons. The SMILES string of the molecule is Nc1ccc2nc(-c3ccncc3)nn2c1. The molecule has 2 N–H and O–H groups in total. The Morgan fingerprint density at radius 3 is 2.69 bits per heavy atom. The number of pyridine rings is 2. The van der Waals surface area contributed by atoms with E-state index in [2.05, 4.69) is 15.1 Å². The predicted molar refractivity (Wildman–Crippen MR) is 60.6 cm³/mol. The van der Waals surface area contributed by atoms with Gasteiger partial charge in [0, 0.05) is 18.0 Å². The number of hydrogen-bond acceptors (Lipinski definition) is 4. The Labute approximate surface area is 91.6 Å². The molecule has 0 amide bonds. The zero-order chi connectivity index (χ0) is 11.0. The molecule has 16 heavy (non-hydrogen) atoms. The van der Waals surface area contributed by atoms with Gasteiger partial charge in [0.2, 0.25) is 0 Å². The fourth-order valence-corrected chi connectivity index (χ4v) is 1.52. The molecule has 5 heteroatoms. The number of anilines is 1. The van der Waals surface area contributed by atoms with Gasteiger partial charge in [-0.25, -0.2) is 9.50 Å². The first-order valence-electron chi connectivity index (χ1n) is 4.85. The second kappa shape index (κ2) is 3.30. The maximum absolute atomic E-state index is 5.67. The van der Waals surface area contributed by atoms with Crippen molar-refractivity contribution >= 4 is 11.3 Å². The largest absolute Gasteiger partial charge is 0.397 e. The van der Waals surface area contributed by atoms with Crippen LogP contribution in [0.5, 0.6) is 0 Å². The Morgan fingerprint density at radius 1 is 1.06 bits per heavy atom. The number of aromatic nitrogens is 4. The van der Waals surface area contributed by atoms with Crippen LogP contribution in [0.1, 0.15) is 0 Å². The Bertz CT molecular complexity index is 629. The summed E-state index contributed by atoms with van der Waals surface area (Å²) in [5.41, 5.74) is 8.06. The highest BCUT2D eigenvalue weighted by Gasteiger charge is 2.05. The highest BCUT2D eigenvalue weighted by molar-refractivity contribution is 5.58. The van der Waals surface area contributed by atoms with Gasteiger partial charge in [-0.05, 0) is 24.3 Å². The van der Waals surface area contributed by atoms with Gasteiger partial charge >= 0.3 is 0 Å². The van der Waals surface area contributed by atoms with Crippen LogP contribution in [0.2, 0.25) is 0 Å². The van der Waals surface area contributed by atoms with Crippen LogP contribution in [-0.2, 0) is 0 Å². The van der Waals surface area contributed by atoms with Crippen molar-refractivity contribution in [2.45, 2.75) is 0 Å². The molecule has 3 aromatic heterocycles. The van der Waals surface area contributed by atoms with Gasteiger partial charge in [0.15, 0.2) is 11.5 Å². The van der Waals surface area contributed by atoms with Crippen molar-refractivity contribution < 1.29 is 0 Å². The molecule has 0 saturated carbocycles. The molecule has 0 aliphatic carbocycles. The quantitative estimate of drug-likeness (QED) is 0.660. The summed E-state index contributed by atoms with van der Waals surface area (Å²) in [5.74, 6) is 0.674. The topological polar surface area (TPSA) is 69.1 Å². The fraction of sp³-hybridized carbons (Fsp3) is 0. The van der Waals surface area contributed by atoms with Crippen LogP contribution in [0, 0.1) is 0 Å². The van der Waals surface area contributed by atoms with E-state index >= 15 is 0 Å². The van der Waals surface area contributed by atoms with Gasteiger partial charge in [-0.15, -0.1) is 5.10 Å². The number of nitrogens with two attached hydrogens (primary N) is 1. The average molecular weight is 211 g/mol. The lowest BCUT2D eigenvalue weighted by Gasteiger charge is -1.92. The van der Waals surface area contributed by atoms with Gasteiger partial charge in [0.05, 0.1) is 11.9 Å². The van der Waals surface area contributed by atoms with E-state index in [4.69, 9.17) is 5.73 Å². The summed E-state index contributed by atoms with van der Waals surface area (Å²) in [6.45, 7) is 0. The highest BCUT2D eigenvalue weighted by Crippen LogP contribution is 2.15. The Kier molecular flexibility index (Phi) is 1.83. The van der Waals surface area contributed by atoms with Crippen molar-refractivity contribution in [3.05, 3.63) is 42.9 Å². The molecule has 3 heterocycles. The van der Waals surface area contributed by atoms with Crippen molar-refractivity contribution in [2.75, 3.05) is 5.73 Å². The minimum absolute atomic E-state index is 0.665. The average Bonchev–Trinajstić information content (AvgIpc) is 2.73. The molecule has 0 saturated heterocycles. The molecular weight excluding hydrogens is 202 g/mol. The molecule has 0 aliphatic rings. The molecule has 0 fully saturated rings. The van der Waals surface area contributed by atoms with Crippen molar-refractivity contribution in [1.82, 2.24) is 19.6 Å². The maximum atomic E-state index is 5.67. The van der Waals surface area contributed by atoms with Crippen LogP contribution in [0.15, 0.2) is 42.9 Å². The molecule has 5 nitrogen and oxygen atoms in total. The Hall–Kier alpha value is -2.43. The van der Waals surface area contributed by atoms with E-state index in [0.29, 0.717) is 11.5 Å². The van der Waals surface area contributed by atoms with Crippen molar-refractivity contribution in [1.29, 1.82) is 0 Å². The first kappa shape index (κ1) is 8.84. The van der Waals surface area contributed by atoms with E-state index in [-0.39, 0.29) is 0 Å². The first-order valence-corrected chi connectivity index (χ1v) is 4.85. The third kappa shape index (κ3) is 1.38. The second-order valence-corrected chi connectivity index (χ2v) is 3.44. The number of nitrogens with zero attached hydrogens (tertiary/aromatic N) is 4. The molecular formula is C11H9N5. The smallest absolute Gasteiger partial charge is 0.182 e. The lowest BCUT2D eigenvalue weighted by molar-refractivity contribution is 0.968. The molecule has 0 aromatic carbocycles. The summed E-state index contributed by atoms with van der Waals surface area (Å²) in [5, 5.41) is 4.34. The lowest BCUT2D eigenvalue weighted by atomic mass is 10.3. The monoisotopic (exact) mass is 211 g/mol. The molecule has 0 aliphatic heterocycles. The highest BCUT2D eigenvalue weighted by atomic mass is 15.3. The molecule has 0 atom stereocenters. The summed E-state index contributed by atoms with van der Waals surface area (Å²) in [6, 6.07) is 7.39. The minimum Gasteiger partial charge on any atom is -0.397 e. The van der Waals surface area contributed by atoms with E-state index in [9.17, 15) is 0 Å². The summed E-state index contributed by atoms with van der Waals surface area (Å²) >= 11 is 0. The van der Waals surface area contributed by atoms with E-state index in [1.54, 1.807) is 29.2 Å². The summed E-state index contributed by atoms with van der Waals surface area (Å²) in [4.78, 5) is 8.35.